The molecule has 0 atom stereocenters. The van der Waals surface area contributed by atoms with Crippen molar-refractivity contribution in [2.45, 2.75) is 0 Å². The first-order valence-corrected chi connectivity index (χ1v) is 7.10. The molecule has 4 nitrogen and oxygen atoms in total. The number of Topliss-reactive ketones (excluding diaryl/α,β-unsaturated/α-hetero) is 1. The molecule has 0 aliphatic carbocycles. The summed E-state index contributed by atoms with van der Waals surface area (Å²) in [4.78, 5) is 23.7. The van der Waals surface area contributed by atoms with Gasteiger partial charge in [-0.25, -0.2) is 9.18 Å². The number of benzene rings is 2. The van der Waals surface area contributed by atoms with E-state index in [0.29, 0.717) is 5.56 Å². The quantitative estimate of drug-likeness (QED) is 0.598. The van der Waals surface area contributed by atoms with Gasteiger partial charge in [-0.05, 0) is 36.4 Å². The molecule has 2 rings (SSSR count). The normalized spacial score (nSPS) is 10.1. The molecule has 0 heterocycles. The number of carbonyl (C=O) groups is 2. The van der Waals surface area contributed by atoms with E-state index in [2.05, 4.69) is 15.9 Å². The molecule has 0 bridgehead atoms. The van der Waals surface area contributed by atoms with Crippen LogP contribution in [-0.4, -0.2) is 25.5 Å². The van der Waals surface area contributed by atoms with Gasteiger partial charge in [-0.1, -0.05) is 22.0 Å². The minimum absolute atomic E-state index is 0.0441. The molecule has 0 saturated heterocycles. The predicted molar refractivity (Wildman–Crippen MR) is 81.7 cm³/mol. The predicted octanol–water partition coefficient (Wildman–Crippen LogP) is 3.64. The standard InChI is InChI=1S/C16H12BrFO4/c1-21-15-6-5-10(8-13(15)18)14(19)9-22-16(20)11-3-2-4-12(17)7-11/h2-8H,9H2,1H3. The molecular formula is C16H12BrFO4. The second-order valence-corrected chi connectivity index (χ2v) is 5.27. The summed E-state index contributed by atoms with van der Waals surface area (Å²) >= 11 is 3.24. The lowest BCUT2D eigenvalue weighted by atomic mass is 10.1. The van der Waals surface area contributed by atoms with E-state index in [4.69, 9.17) is 9.47 Å². The molecule has 114 valence electrons. The zero-order chi connectivity index (χ0) is 16.1. The van der Waals surface area contributed by atoms with E-state index < -0.39 is 24.2 Å². The Morgan fingerprint density at radius 3 is 2.55 bits per heavy atom. The fourth-order valence-corrected chi connectivity index (χ4v) is 2.15. The number of rotatable bonds is 5. The van der Waals surface area contributed by atoms with Crippen LogP contribution in [0.3, 0.4) is 0 Å². The Kier molecular flexibility index (Phi) is 5.27. The van der Waals surface area contributed by atoms with Crippen LogP contribution in [0, 0.1) is 5.82 Å². The first-order valence-electron chi connectivity index (χ1n) is 6.30. The van der Waals surface area contributed by atoms with Crippen LogP contribution in [0.1, 0.15) is 20.7 Å². The Hall–Kier alpha value is -2.21. The van der Waals surface area contributed by atoms with E-state index >= 15 is 0 Å². The van der Waals surface area contributed by atoms with E-state index in [1.54, 1.807) is 24.3 Å². The summed E-state index contributed by atoms with van der Waals surface area (Å²) in [5, 5.41) is 0. The zero-order valence-corrected chi connectivity index (χ0v) is 13.2. The fraction of sp³-hybridized carbons (Fsp3) is 0.125. The summed E-state index contributed by atoms with van der Waals surface area (Å²) in [6.07, 6.45) is 0. The molecule has 0 spiro atoms. The Bertz CT molecular complexity index is 715. The number of methoxy groups -OCH3 is 1. The van der Waals surface area contributed by atoms with Gasteiger partial charge in [-0.3, -0.25) is 4.79 Å². The molecule has 0 aliphatic rings. The van der Waals surface area contributed by atoms with Crippen LogP contribution in [0.4, 0.5) is 4.39 Å². The number of ketones is 1. The molecule has 0 saturated carbocycles. The highest BCUT2D eigenvalue weighted by Crippen LogP contribution is 2.18. The minimum Gasteiger partial charge on any atom is -0.494 e. The maximum Gasteiger partial charge on any atom is 0.338 e. The third-order valence-electron chi connectivity index (χ3n) is 2.87. The number of carbonyl (C=O) groups excluding carboxylic acids is 2. The topological polar surface area (TPSA) is 52.6 Å². The second-order valence-electron chi connectivity index (χ2n) is 4.36. The van der Waals surface area contributed by atoms with Crippen LogP contribution in [0.25, 0.3) is 0 Å². The van der Waals surface area contributed by atoms with Crippen LogP contribution < -0.4 is 4.74 Å². The number of ether oxygens (including phenoxy) is 2. The first-order chi connectivity index (χ1) is 10.5. The lowest BCUT2D eigenvalue weighted by Gasteiger charge is -2.06. The van der Waals surface area contributed by atoms with Gasteiger partial charge in [0.25, 0.3) is 0 Å². The summed E-state index contributed by atoms with van der Waals surface area (Å²) in [7, 11) is 1.33. The highest BCUT2D eigenvalue weighted by Gasteiger charge is 2.14. The smallest absolute Gasteiger partial charge is 0.338 e. The average molecular weight is 367 g/mol. The molecule has 0 N–H and O–H groups in total. The van der Waals surface area contributed by atoms with Crippen molar-refractivity contribution < 1.29 is 23.5 Å². The number of hydrogen-bond acceptors (Lipinski definition) is 4. The van der Waals surface area contributed by atoms with Crippen LogP contribution in [0.2, 0.25) is 0 Å². The van der Waals surface area contributed by atoms with Gasteiger partial charge in [0.05, 0.1) is 12.7 Å². The third-order valence-corrected chi connectivity index (χ3v) is 3.36. The van der Waals surface area contributed by atoms with Crippen LogP contribution in [0.5, 0.6) is 5.75 Å². The Balaban J connectivity index is 2.00. The van der Waals surface area contributed by atoms with Crippen molar-refractivity contribution in [3.8, 4) is 5.75 Å². The minimum atomic E-state index is -0.647. The van der Waals surface area contributed by atoms with Crippen molar-refractivity contribution in [3.05, 3.63) is 63.9 Å². The van der Waals surface area contributed by atoms with Gasteiger partial charge in [0.2, 0.25) is 0 Å². The largest absolute Gasteiger partial charge is 0.494 e. The maximum atomic E-state index is 13.5. The molecule has 22 heavy (non-hydrogen) atoms. The van der Waals surface area contributed by atoms with Gasteiger partial charge in [0, 0.05) is 10.0 Å². The highest BCUT2D eigenvalue weighted by molar-refractivity contribution is 9.10. The summed E-state index contributed by atoms with van der Waals surface area (Å²) in [5.41, 5.74) is 0.434. The van der Waals surface area contributed by atoms with Gasteiger partial charge in [0.15, 0.2) is 24.0 Å². The van der Waals surface area contributed by atoms with E-state index in [-0.39, 0.29) is 11.3 Å². The van der Waals surface area contributed by atoms with Crippen molar-refractivity contribution in [1.29, 1.82) is 0 Å². The Morgan fingerprint density at radius 1 is 1.14 bits per heavy atom. The van der Waals surface area contributed by atoms with Crippen molar-refractivity contribution in [2.24, 2.45) is 0 Å². The van der Waals surface area contributed by atoms with Crippen LogP contribution >= 0.6 is 15.9 Å². The third kappa shape index (κ3) is 3.92. The Labute approximate surface area is 135 Å². The monoisotopic (exact) mass is 366 g/mol. The van der Waals surface area contributed by atoms with Crippen molar-refractivity contribution in [2.75, 3.05) is 13.7 Å². The molecule has 0 fully saturated rings. The number of hydrogen-bond donors (Lipinski definition) is 0. The lowest BCUT2D eigenvalue weighted by molar-refractivity contribution is 0.0474. The highest BCUT2D eigenvalue weighted by atomic mass is 79.9. The molecule has 0 radical (unpaired) electrons. The van der Waals surface area contributed by atoms with E-state index in [9.17, 15) is 14.0 Å². The average Bonchev–Trinajstić information content (AvgIpc) is 2.52. The molecule has 6 heteroatoms. The van der Waals surface area contributed by atoms with E-state index in [1.807, 2.05) is 0 Å². The van der Waals surface area contributed by atoms with Crippen LogP contribution in [0.15, 0.2) is 46.9 Å². The summed E-state index contributed by atoms with van der Waals surface area (Å²) in [5.74, 6) is -1.72. The fourth-order valence-electron chi connectivity index (χ4n) is 1.75. The van der Waals surface area contributed by atoms with E-state index in [0.717, 1.165) is 10.5 Å². The number of halogens is 2. The Morgan fingerprint density at radius 2 is 1.91 bits per heavy atom. The molecule has 2 aromatic rings. The second kappa shape index (κ2) is 7.17. The van der Waals surface area contributed by atoms with Gasteiger partial charge >= 0.3 is 5.97 Å². The SMILES string of the molecule is COc1ccc(C(=O)COC(=O)c2cccc(Br)c2)cc1F. The zero-order valence-electron chi connectivity index (χ0n) is 11.6. The summed E-state index contributed by atoms with van der Waals surface area (Å²) < 4.78 is 24.0. The van der Waals surface area contributed by atoms with E-state index in [1.165, 1.54) is 19.2 Å². The number of esters is 1. The maximum absolute atomic E-state index is 13.5. The van der Waals surface area contributed by atoms with Crippen LogP contribution in [-0.2, 0) is 4.74 Å². The van der Waals surface area contributed by atoms with Gasteiger partial charge in [0.1, 0.15) is 0 Å². The summed E-state index contributed by atoms with van der Waals surface area (Å²) in [6, 6.07) is 10.4. The van der Waals surface area contributed by atoms with Crippen molar-refractivity contribution in [3.63, 3.8) is 0 Å². The molecule has 0 aliphatic heterocycles. The molecule has 0 amide bonds. The summed E-state index contributed by atoms with van der Waals surface area (Å²) in [6.45, 7) is -0.461. The lowest BCUT2D eigenvalue weighted by Crippen LogP contribution is -2.14. The van der Waals surface area contributed by atoms with Crippen molar-refractivity contribution in [1.82, 2.24) is 0 Å². The molecule has 0 aromatic heterocycles. The molecule has 2 aromatic carbocycles. The van der Waals surface area contributed by atoms with Crippen molar-refractivity contribution >= 4 is 27.7 Å². The van der Waals surface area contributed by atoms with Gasteiger partial charge in [-0.15, -0.1) is 0 Å². The van der Waals surface area contributed by atoms with Gasteiger partial charge in [-0.2, -0.15) is 0 Å². The first kappa shape index (κ1) is 16.2. The molecular weight excluding hydrogens is 355 g/mol. The van der Waals surface area contributed by atoms with Gasteiger partial charge < -0.3 is 9.47 Å². The molecule has 0 unspecified atom stereocenters.